The van der Waals surface area contributed by atoms with Gasteiger partial charge in [-0.15, -0.1) is 11.3 Å². The number of nitrogens with two attached hydrogens (primary N) is 1. The lowest BCUT2D eigenvalue weighted by molar-refractivity contribution is 0.102. The zero-order valence-electron chi connectivity index (χ0n) is 16.2. The molecule has 32 heavy (non-hydrogen) atoms. The highest BCUT2D eigenvalue weighted by atomic mass is 79.9. The van der Waals surface area contributed by atoms with Crippen molar-refractivity contribution in [1.82, 2.24) is 4.98 Å². The van der Waals surface area contributed by atoms with Crippen LogP contribution in [0.25, 0.3) is 21.7 Å². The first-order valence-electron chi connectivity index (χ1n) is 9.17. The van der Waals surface area contributed by atoms with Crippen LogP contribution in [0.3, 0.4) is 0 Å². The van der Waals surface area contributed by atoms with Gasteiger partial charge in [0, 0.05) is 15.7 Å². The van der Waals surface area contributed by atoms with Gasteiger partial charge in [-0.3, -0.25) is 4.79 Å². The Morgan fingerprint density at radius 2 is 1.66 bits per heavy atom. The van der Waals surface area contributed by atoms with Crippen LogP contribution < -0.4 is 10.5 Å². The van der Waals surface area contributed by atoms with Crippen LogP contribution in [0.15, 0.2) is 82.2 Å². The predicted octanol–water partition coefficient (Wildman–Crippen LogP) is 5.28. The second kappa shape index (κ2) is 8.91. The fourth-order valence-corrected chi connectivity index (χ4v) is 4.87. The van der Waals surface area contributed by atoms with E-state index < -0.39 is 21.7 Å². The van der Waals surface area contributed by atoms with Crippen molar-refractivity contribution in [3.05, 3.63) is 88.1 Å². The molecule has 1 aromatic heterocycles. The summed E-state index contributed by atoms with van der Waals surface area (Å²) in [5, 5.41) is 8.19. The van der Waals surface area contributed by atoms with E-state index in [1.165, 1.54) is 24.3 Å². The Balaban J connectivity index is 1.76. The Morgan fingerprint density at radius 1 is 1.00 bits per heavy atom. The highest BCUT2D eigenvalue weighted by Gasteiger charge is 2.20. The van der Waals surface area contributed by atoms with Crippen molar-refractivity contribution in [2.45, 2.75) is 4.90 Å². The molecule has 0 bridgehead atoms. The van der Waals surface area contributed by atoms with Gasteiger partial charge in [-0.05, 0) is 60.2 Å². The van der Waals surface area contributed by atoms with E-state index >= 15 is 0 Å². The van der Waals surface area contributed by atoms with Crippen LogP contribution in [-0.2, 0) is 10.0 Å². The second-order valence-electron chi connectivity index (χ2n) is 6.74. The van der Waals surface area contributed by atoms with Crippen molar-refractivity contribution < 1.29 is 17.6 Å². The Bertz CT molecular complexity index is 1400. The van der Waals surface area contributed by atoms with E-state index in [-0.39, 0.29) is 9.90 Å². The maximum atomic E-state index is 13.4. The van der Waals surface area contributed by atoms with E-state index in [2.05, 4.69) is 26.2 Å². The number of carbonyl (C=O) groups excluding carboxylic acids is 1. The van der Waals surface area contributed by atoms with Crippen LogP contribution in [-0.4, -0.2) is 19.3 Å². The molecule has 6 nitrogen and oxygen atoms in total. The van der Waals surface area contributed by atoms with Gasteiger partial charge >= 0.3 is 0 Å². The molecule has 10 heteroatoms. The van der Waals surface area contributed by atoms with E-state index in [1.54, 1.807) is 42.5 Å². The number of sulfonamides is 1. The third-order valence-electron chi connectivity index (χ3n) is 4.47. The van der Waals surface area contributed by atoms with Crippen molar-refractivity contribution in [3.63, 3.8) is 0 Å². The molecule has 0 aliphatic rings. The quantitative estimate of drug-likeness (QED) is 0.365. The number of amides is 1. The first-order valence-corrected chi connectivity index (χ1v) is 12.3. The van der Waals surface area contributed by atoms with Gasteiger partial charge in [-0.2, -0.15) is 0 Å². The first kappa shape index (κ1) is 22.3. The zero-order valence-corrected chi connectivity index (χ0v) is 19.5. The van der Waals surface area contributed by atoms with Gasteiger partial charge in [0.05, 0.1) is 15.5 Å². The van der Waals surface area contributed by atoms with Crippen LogP contribution >= 0.6 is 27.3 Å². The smallest absolute Gasteiger partial charge is 0.284 e. The molecule has 0 aliphatic heterocycles. The van der Waals surface area contributed by atoms with Crippen molar-refractivity contribution in [2.75, 3.05) is 5.32 Å². The monoisotopic (exact) mass is 531 g/mol. The van der Waals surface area contributed by atoms with Crippen molar-refractivity contribution in [1.29, 1.82) is 0 Å². The molecular weight excluding hydrogens is 517 g/mol. The summed E-state index contributed by atoms with van der Waals surface area (Å²) in [6, 6.07) is 18.9. The van der Waals surface area contributed by atoms with Crippen molar-refractivity contribution in [3.8, 4) is 21.7 Å². The van der Waals surface area contributed by atoms with Gasteiger partial charge in [0.2, 0.25) is 10.0 Å². The highest BCUT2D eigenvalue weighted by Crippen LogP contribution is 2.37. The summed E-state index contributed by atoms with van der Waals surface area (Å²) in [6.07, 6.45) is 0. The van der Waals surface area contributed by atoms with Crippen molar-refractivity contribution >= 4 is 48.9 Å². The van der Waals surface area contributed by atoms with Crippen LogP contribution in [0.4, 0.5) is 10.1 Å². The number of anilines is 1. The van der Waals surface area contributed by atoms with E-state index in [4.69, 9.17) is 5.14 Å². The molecular formula is C22H15BrFN3O3S2. The Morgan fingerprint density at radius 3 is 2.28 bits per heavy atom. The standard InChI is InChI=1S/C22H15BrFN3O3S2/c23-15-2-1-3-17(12-15)26-21(28)22-27-19(13-4-8-16(24)9-5-13)20(31-22)14-6-10-18(11-7-14)32(25,29)30/h1-12H,(H,26,28)(H2,25,29,30). The average Bonchev–Trinajstić information content (AvgIpc) is 3.19. The topological polar surface area (TPSA) is 102 Å². The van der Waals surface area contributed by atoms with Crippen LogP contribution in [0.2, 0.25) is 0 Å². The lowest BCUT2D eigenvalue weighted by atomic mass is 10.1. The minimum atomic E-state index is -3.84. The highest BCUT2D eigenvalue weighted by molar-refractivity contribution is 9.10. The van der Waals surface area contributed by atoms with Gasteiger partial charge in [0.1, 0.15) is 5.82 Å². The fourth-order valence-electron chi connectivity index (χ4n) is 2.96. The van der Waals surface area contributed by atoms with E-state index in [1.807, 2.05) is 6.07 Å². The molecule has 4 aromatic rings. The Kier molecular flexibility index (Phi) is 6.20. The maximum Gasteiger partial charge on any atom is 0.284 e. The van der Waals surface area contributed by atoms with Crippen LogP contribution in [0.5, 0.6) is 0 Å². The number of primary sulfonamides is 1. The van der Waals surface area contributed by atoms with Gasteiger partial charge in [-0.25, -0.2) is 22.9 Å². The molecule has 0 radical (unpaired) electrons. The van der Waals surface area contributed by atoms with E-state index in [9.17, 15) is 17.6 Å². The molecule has 0 spiro atoms. The molecule has 0 aliphatic carbocycles. The number of nitrogens with zero attached hydrogens (tertiary/aromatic N) is 1. The lowest BCUT2D eigenvalue weighted by Gasteiger charge is -2.04. The third kappa shape index (κ3) is 4.94. The Hall–Kier alpha value is -2.92. The van der Waals surface area contributed by atoms with Crippen LogP contribution in [0, 0.1) is 5.82 Å². The largest absolute Gasteiger partial charge is 0.320 e. The van der Waals surface area contributed by atoms with Gasteiger partial charge in [0.25, 0.3) is 5.91 Å². The molecule has 1 amide bonds. The molecule has 0 saturated heterocycles. The molecule has 0 atom stereocenters. The molecule has 0 saturated carbocycles. The number of thiazole rings is 1. The number of benzene rings is 3. The fraction of sp³-hybridized carbons (Fsp3) is 0. The number of halogens is 2. The normalized spacial score (nSPS) is 11.3. The summed E-state index contributed by atoms with van der Waals surface area (Å²) in [5.41, 5.74) is 2.35. The first-order chi connectivity index (χ1) is 15.2. The number of aromatic nitrogens is 1. The van der Waals surface area contributed by atoms with Gasteiger partial charge in [-0.1, -0.05) is 34.1 Å². The number of rotatable bonds is 5. The Labute approximate surface area is 196 Å². The van der Waals surface area contributed by atoms with Gasteiger partial charge in [0.15, 0.2) is 5.01 Å². The number of hydrogen-bond acceptors (Lipinski definition) is 5. The number of nitrogens with one attached hydrogen (secondary N) is 1. The third-order valence-corrected chi connectivity index (χ3v) is 6.99. The molecule has 0 unspecified atom stereocenters. The predicted molar refractivity (Wildman–Crippen MR) is 126 cm³/mol. The minimum Gasteiger partial charge on any atom is -0.320 e. The summed E-state index contributed by atoms with van der Waals surface area (Å²) < 4.78 is 37.4. The zero-order chi connectivity index (χ0) is 22.9. The van der Waals surface area contributed by atoms with Crippen molar-refractivity contribution in [2.24, 2.45) is 5.14 Å². The molecule has 4 rings (SSSR count). The van der Waals surface area contributed by atoms with Crippen LogP contribution in [0.1, 0.15) is 9.80 Å². The second-order valence-corrected chi connectivity index (χ2v) is 10.2. The SMILES string of the molecule is NS(=O)(=O)c1ccc(-c2sc(C(=O)Nc3cccc(Br)c3)nc2-c2ccc(F)cc2)cc1. The lowest BCUT2D eigenvalue weighted by Crippen LogP contribution is -2.11. The molecule has 0 fully saturated rings. The molecule has 3 N–H and O–H groups in total. The number of carbonyl (C=O) groups is 1. The molecule has 162 valence electrons. The summed E-state index contributed by atoms with van der Waals surface area (Å²) in [5.74, 6) is -0.792. The maximum absolute atomic E-state index is 13.4. The summed E-state index contributed by atoms with van der Waals surface area (Å²) in [4.78, 5) is 18.0. The number of hydrogen-bond donors (Lipinski definition) is 2. The van der Waals surface area contributed by atoms with E-state index in [0.717, 1.165) is 15.8 Å². The summed E-state index contributed by atoms with van der Waals surface area (Å²) in [6.45, 7) is 0. The van der Waals surface area contributed by atoms with Gasteiger partial charge < -0.3 is 5.32 Å². The van der Waals surface area contributed by atoms with E-state index in [0.29, 0.717) is 27.4 Å². The molecule has 1 heterocycles. The summed E-state index contributed by atoms with van der Waals surface area (Å²) in [7, 11) is -3.84. The molecule has 3 aromatic carbocycles. The minimum absolute atomic E-state index is 0.0262. The summed E-state index contributed by atoms with van der Waals surface area (Å²) >= 11 is 4.51. The average molecular weight is 532 g/mol.